The van der Waals surface area contributed by atoms with E-state index in [0.717, 1.165) is 37.9 Å². The molecule has 0 aromatic heterocycles. The number of likely N-dealkylation sites (tertiary alicyclic amines) is 1. The summed E-state index contributed by atoms with van der Waals surface area (Å²) < 4.78 is 0. The van der Waals surface area contributed by atoms with E-state index in [1.807, 2.05) is 0 Å². The summed E-state index contributed by atoms with van der Waals surface area (Å²) in [6.45, 7) is 13.4. The van der Waals surface area contributed by atoms with E-state index in [2.05, 4.69) is 41.3 Å². The van der Waals surface area contributed by atoms with Crippen molar-refractivity contribution in [2.75, 3.05) is 39.3 Å². The SMILES string of the molecule is CCCN=C(NCC)NCCCCN1CCCC(C)C1. The van der Waals surface area contributed by atoms with E-state index in [-0.39, 0.29) is 0 Å². The van der Waals surface area contributed by atoms with Crippen LogP contribution in [-0.2, 0) is 0 Å². The summed E-state index contributed by atoms with van der Waals surface area (Å²) in [5, 5.41) is 6.71. The molecule has 118 valence electrons. The minimum absolute atomic E-state index is 0.892. The van der Waals surface area contributed by atoms with Gasteiger partial charge in [-0.1, -0.05) is 13.8 Å². The lowest BCUT2D eigenvalue weighted by atomic mass is 10.0. The molecule has 0 aromatic carbocycles. The lowest BCUT2D eigenvalue weighted by Gasteiger charge is -2.30. The second kappa shape index (κ2) is 11.0. The average Bonchev–Trinajstić information content (AvgIpc) is 2.44. The number of rotatable bonds is 8. The van der Waals surface area contributed by atoms with Gasteiger partial charge < -0.3 is 15.5 Å². The maximum Gasteiger partial charge on any atom is 0.191 e. The third-order valence-corrected chi connectivity index (χ3v) is 3.77. The third-order valence-electron chi connectivity index (χ3n) is 3.77. The summed E-state index contributed by atoms with van der Waals surface area (Å²) in [5.41, 5.74) is 0. The van der Waals surface area contributed by atoms with Crippen molar-refractivity contribution in [2.45, 2.75) is 52.9 Å². The van der Waals surface area contributed by atoms with Crippen LogP contribution in [0.2, 0.25) is 0 Å². The number of unbranched alkanes of at least 4 members (excludes halogenated alkanes) is 1. The highest BCUT2D eigenvalue weighted by Crippen LogP contribution is 2.15. The van der Waals surface area contributed by atoms with Crippen LogP contribution in [0, 0.1) is 5.92 Å². The van der Waals surface area contributed by atoms with Crippen molar-refractivity contribution in [2.24, 2.45) is 10.9 Å². The van der Waals surface area contributed by atoms with E-state index in [1.54, 1.807) is 0 Å². The van der Waals surface area contributed by atoms with Crippen LogP contribution in [0.3, 0.4) is 0 Å². The van der Waals surface area contributed by atoms with E-state index in [1.165, 1.54) is 45.3 Å². The Kier molecular flexibility index (Phi) is 9.46. The molecule has 0 saturated carbocycles. The maximum atomic E-state index is 4.51. The predicted molar refractivity (Wildman–Crippen MR) is 88.3 cm³/mol. The van der Waals surface area contributed by atoms with Crippen LogP contribution in [0.5, 0.6) is 0 Å². The number of hydrogen-bond acceptors (Lipinski definition) is 2. The minimum Gasteiger partial charge on any atom is -0.357 e. The molecule has 0 spiro atoms. The van der Waals surface area contributed by atoms with Gasteiger partial charge in [0.05, 0.1) is 0 Å². The summed E-state index contributed by atoms with van der Waals surface area (Å²) in [7, 11) is 0. The molecule has 0 aliphatic carbocycles. The van der Waals surface area contributed by atoms with Gasteiger partial charge in [-0.15, -0.1) is 0 Å². The summed E-state index contributed by atoms with van der Waals surface area (Å²) >= 11 is 0. The molecule has 1 saturated heterocycles. The molecule has 0 bridgehead atoms. The molecule has 20 heavy (non-hydrogen) atoms. The number of nitrogens with one attached hydrogen (secondary N) is 2. The maximum absolute atomic E-state index is 4.51. The van der Waals surface area contributed by atoms with Gasteiger partial charge in [-0.3, -0.25) is 4.99 Å². The van der Waals surface area contributed by atoms with Crippen LogP contribution in [0.1, 0.15) is 52.9 Å². The zero-order valence-corrected chi connectivity index (χ0v) is 13.7. The molecule has 4 heteroatoms. The van der Waals surface area contributed by atoms with Crippen molar-refractivity contribution in [3.8, 4) is 0 Å². The number of nitrogens with zero attached hydrogens (tertiary/aromatic N) is 2. The van der Waals surface area contributed by atoms with Crippen LogP contribution in [0.25, 0.3) is 0 Å². The fourth-order valence-corrected chi connectivity index (χ4v) is 2.72. The van der Waals surface area contributed by atoms with Crippen molar-refractivity contribution >= 4 is 5.96 Å². The predicted octanol–water partition coefficient (Wildman–Crippen LogP) is 2.46. The molecule has 1 aliphatic rings. The molecule has 1 unspecified atom stereocenters. The van der Waals surface area contributed by atoms with Crippen molar-refractivity contribution in [1.29, 1.82) is 0 Å². The molecule has 0 aromatic rings. The van der Waals surface area contributed by atoms with Gasteiger partial charge >= 0.3 is 0 Å². The molecule has 0 amide bonds. The molecule has 1 fully saturated rings. The second-order valence-corrected chi connectivity index (χ2v) is 5.94. The van der Waals surface area contributed by atoms with Gasteiger partial charge in [-0.25, -0.2) is 0 Å². The number of piperidine rings is 1. The fraction of sp³-hybridized carbons (Fsp3) is 0.938. The zero-order valence-electron chi connectivity index (χ0n) is 13.7. The summed E-state index contributed by atoms with van der Waals surface area (Å²) in [6, 6.07) is 0. The third kappa shape index (κ3) is 7.73. The molecule has 1 heterocycles. The largest absolute Gasteiger partial charge is 0.357 e. The van der Waals surface area contributed by atoms with E-state index >= 15 is 0 Å². The Bertz CT molecular complexity index is 265. The van der Waals surface area contributed by atoms with Crippen LogP contribution >= 0.6 is 0 Å². The second-order valence-electron chi connectivity index (χ2n) is 5.94. The Morgan fingerprint density at radius 1 is 1.25 bits per heavy atom. The molecule has 4 nitrogen and oxygen atoms in total. The first-order chi connectivity index (χ1) is 9.76. The number of guanidine groups is 1. The zero-order chi connectivity index (χ0) is 14.6. The highest BCUT2D eigenvalue weighted by atomic mass is 15.2. The first kappa shape index (κ1) is 17.3. The van der Waals surface area contributed by atoms with Crippen LogP contribution < -0.4 is 10.6 Å². The smallest absolute Gasteiger partial charge is 0.191 e. The van der Waals surface area contributed by atoms with E-state index < -0.39 is 0 Å². The molecule has 2 N–H and O–H groups in total. The van der Waals surface area contributed by atoms with Crippen molar-refractivity contribution in [3.05, 3.63) is 0 Å². The quantitative estimate of drug-likeness (QED) is 0.408. The molecule has 0 radical (unpaired) electrons. The van der Waals surface area contributed by atoms with Crippen LogP contribution in [0.15, 0.2) is 4.99 Å². The highest BCUT2D eigenvalue weighted by Gasteiger charge is 2.15. The van der Waals surface area contributed by atoms with Gasteiger partial charge in [0.15, 0.2) is 5.96 Å². The monoisotopic (exact) mass is 282 g/mol. The number of hydrogen-bond donors (Lipinski definition) is 2. The normalized spacial score (nSPS) is 20.9. The van der Waals surface area contributed by atoms with Crippen molar-refractivity contribution in [3.63, 3.8) is 0 Å². The van der Waals surface area contributed by atoms with Gasteiger partial charge in [0.2, 0.25) is 0 Å². The molecular formula is C16H34N4. The lowest BCUT2D eigenvalue weighted by Crippen LogP contribution is -2.38. The Morgan fingerprint density at radius 2 is 2.10 bits per heavy atom. The molecule has 1 rings (SSSR count). The van der Waals surface area contributed by atoms with E-state index in [9.17, 15) is 0 Å². The van der Waals surface area contributed by atoms with Crippen LogP contribution in [-0.4, -0.2) is 50.1 Å². The van der Waals surface area contributed by atoms with E-state index in [0.29, 0.717) is 0 Å². The first-order valence-electron chi connectivity index (χ1n) is 8.50. The summed E-state index contributed by atoms with van der Waals surface area (Å²) in [5.74, 6) is 1.87. The summed E-state index contributed by atoms with van der Waals surface area (Å²) in [6.07, 6.45) is 6.41. The topological polar surface area (TPSA) is 39.7 Å². The van der Waals surface area contributed by atoms with Gasteiger partial charge in [-0.05, 0) is 58.0 Å². The molecule has 1 atom stereocenters. The Labute approximate surface area is 125 Å². The van der Waals surface area contributed by atoms with Crippen molar-refractivity contribution < 1.29 is 0 Å². The highest BCUT2D eigenvalue weighted by molar-refractivity contribution is 5.79. The van der Waals surface area contributed by atoms with Gasteiger partial charge in [-0.2, -0.15) is 0 Å². The molecule has 1 aliphatic heterocycles. The van der Waals surface area contributed by atoms with E-state index in [4.69, 9.17) is 0 Å². The number of aliphatic imine (C=N–C) groups is 1. The molecular weight excluding hydrogens is 248 g/mol. The summed E-state index contributed by atoms with van der Waals surface area (Å²) in [4.78, 5) is 7.14. The first-order valence-corrected chi connectivity index (χ1v) is 8.50. The van der Waals surface area contributed by atoms with Gasteiger partial charge in [0.1, 0.15) is 0 Å². The van der Waals surface area contributed by atoms with Crippen molar-refractivity contribution in [1.82, 2.24) is 15.5 Å². The van der Waals surface area contributed by atoms with Crippen LogP contribution in [0.4, 0.5) is 0 Å². The Morgan fingerprint density at radius 3 is 2.80 bits per heavy atom. The van der Waals surface area contributed by atoms with Gasteiger partial charge in [0, 0.05) is 26.2 Å². The minimum atomic E-state index is 0.892. The fourth-order valence-electron chi connectivity index (χ4n) is 2.72. The Hall–Kier alpha value is -0.770. The average molecular weight is 282 g/mol. The van der Waals surface area contributed by atoms with Gasteiger partial charge in [0.25, 0.3) is 0 Å². The Balaban J connectivity index is 2.07. The standard InChI is InChI=1S/C16H34N4/c1-4-10-18-16(17-5-2)19-11-6-7-12-20-13-8-9-15(3)14-20/h15H,4-14H2,1-3H3,(H2,17,18,19). The lowest BCUT2D eigenvalue weighted by molar-refractivity contribution is 0.181.